The van der Waals surface area contributed by atoms with Gasteiger partial charge in [-0.3, -0.25) is 9.59 Å². The molecule has 2 aliphatic rings. The maximum absolute atomic E-state index is 13.9. The second-order valence-electron chi connectivity index (χ2n) is 14.8. The van der Waals surface area contributed by atoms with Crippen LogP contribution in [0.2, 0.25) is 5.15 Å². The van der Waals surface area contributed by atoms with E-state index in [4.69, 9.17) is 21.3 Å². The fourth-order valence-electron chi connectivity index (χ4n) is 7.59. The summed E-state index contributed by atoms with van der Waals surface area (Å²) in [5.41, 5.74) is 4.83. The zero-order valence-electron chi connectivity index (χ0n) is 34.1. The van der Waals surface area contributed by atoms with Gasteiger partial charge in [0, 0.05) is 17.4 Å². The van der Waals surface area contributed by atoms with Crippen molar-refractivity contribution in [1.82, 2.24) is 40.4 Å². The molecule has 0 unspecified atom stereocenters. The number of imidazole rings is 2. The van der Waals surface area contributed by atoms with Gasteiger partial charge in [0.2, 0.25) is 11.8 Å². The van der Waals surface area contributed by atoms with Crippen molar-refractivity contribution in [3.05, 3.63) is 71.5 Å². The summed E-state index contributed by atoms with van der Waals surface area (Å²) in [5.74, 6) is 0.140. The second kappa shape index (κ2) is 20.5. The van der Waals surface area contributed by atoms with E-state index >= 15 is 0 Å². The van der Waals surface area contributed by atoms with E-state index in [0.29, 0.717) is 41.9 Å². The van der Waals surface area contributed by atoms with Crippen LogP contribution in [0.1, 0.15) is 56.8 Å². The fourth-order valence-corrected chi connectivity index (χ4v) is 10.4. The predicted molar refractivity (Wildman–Crippen MR) is 238 cm³/mol. The minimum atomic E-state index is -3.12. The Kier molecular flexibility index (Phi) is 15.4. The van der Waals surface area contributed by atoms with E-state index in [9.17, 15) is 28.0 Å². The molecule has 0 radical (unpaired) electrons. The Hall–Kier alpha value is -4.60. The molecule has 4 heterocycles. The molecule has 4 aromatic rings. The number of H-pyrrole nitrogens is 2. The molecule has 4 amide bonds. The van der Waals surface area contributed by atoms with Crippen molar-refractivity contribution in [3.63, 3.8) is 0 Å². The van der Waals surface area contributed by atoms with Gasteiger partial charge in [-0.1, -0.05) is 78.5 Å². The van der Waals surface area contributed by atoms with Gasteiger partial charge in [-0.2, -0.15) is 20.5 Å². The quantitative estimate of drug-likeness (QED) is 0.0528. The number of alkyl carbamates (subject to hydrolysis) is 2. The van der Waals surface area contributed by atoms with Crippen molar-refractivity contribution < 1.29 is 42.2 Å². The van der Waals surface area contributed by atoms with Crippen molar-refractivity contribution in [2.24, 2.45) is 5.92 Å². The molecule has 328 valence electrons. The van der Waals surface area contributed by atoms with Crippen molar-refractivity contribution in [1.29, 1.82) is 0 Å². The number of ether oxygens (including phenoxy) is 3. The van der Waals surface area contributed by atoms with Gasteiger partial charge < -0.3 is 44.6 Å². The first-order valence-electron chi connectivity index (χ1n) is 19.4. The Labute approximate surface area is 371 Å². The number of hydrogen-bond acceptors (Lipinski definition) is 10. The summed E-state index contributed by atoms with van der Waals surface area (Å²) >= 11 is 7.75. The molecule has 2 fully saturated rings. The monoisotopic (exact) mass is 996 g/mol. The molecular formula is C41H48ClF2IN8O7S. The summed E-state index contributed by atoms with van der Waals surface area (Å²) in [7, 11) is 2.38. The first-order chi connectivity index (χ1) is 29.3. The van der Waals surface area contributed by atoms with Crippen LogP contribution in [0.4, 0.5) is 18.4 Å². The summed E-state index contributed by atoms with van der Waals surface area (Å²) < 4.78 is 43.8. The average molecular weight is 997 g/mol. The third-order valence-electron chi connectivity index (χ3n) is 10.8. The van der Waals surface area contributed by atoms with Gasteiger partial charge in [0.15, 0.2) is 0 Å². The number of nitrogens with one attached hydrogen (secondary N) is 4. The number of nitrogens with zero attached hydrogens (tertiary/aromatic N) is 4. The highest BCUT2D eigenvalue weighted by Crippen LogP contribution is 2.42. The molecule has 20 heteroatoms. The van der Waals surface area contributed by atoms with Crippen LogP contribution in [0.15, 0.2) is 54.7 Å². The van der Waals surface area contributed by atoms with Gasteiger partial charge in [0.1, 0.15) is 34.6 Å². The topological polar surface area (TPSA) is 184 Å². The van der Waals surface area contributed by atoms with Crippen LogP contribution in [-0.2, 0) is 23.8 Å². The van der Waals surface area contributed by atoms with Crippen LogP contribution in [0.25, 0.3) is 33.6 Å². The molecule has 2 aromatic carbocycles. The van der Waals surface area contributed by atoms with E-state index in [2.05, 4.69) is 39.6 Å². The first-order valence-corrected chi connectivity index (χ1v) is 23.8. The van der Waals surface area contributed by atoms with Crippen LogP contribution < -0.4 is 10.6 Å². The lowest BCUT2D eigenvalue weighted by molar-refractivity contribution is -0.150. The van der Waals surface area contributed by atoms with Gasteiger partial charge in [-0.15, -0.1) is 20.7 Å². The van der Waals surface area contributed by atoms with Gasteiger partial charge in [0.05, 0.1) is 48.8 Å². The van der Waals surface area contributed by atoms with E-state index in [0.717, 1.165) is 41.5 Å². The number of likely N-dealkylation sites (tertiary alicyclic amines) is 2. The van der Waals surface area contributed by atoms with E-state index in [1.54, 1.807) is 18.0 Å². The van der Waals surface area contributed by atoms with E-state index in [1.807, 2.05) is 73.5 Å². The molecule has 0 aliphatic carbocycles. The number of carbonyl (C=O) groups excluding carboxylic acids is 4. The van der Waals surface area contributed by atoms with Crippen molar-refractivity contribution in [2.75, 3.05) is 33.6 Å². The standard InChI is InChI=1S/C41H48ClF2IN8O7S/c1-21(2)32(50-41(57)59-5)38(55)53-29(15-16-31(53)45-3)36-49-33(34(42)51-36)25-13-9-23(10-14-25)22-7-11-24(12-8-22)27-18-46-35(47-27)30-17-26(61-6)19-52(30)37(54)28(20-60-39(43)44)48-40(56)58-4/h7-14,18,21,26,28-32,39H,3,15-17,19-20H2,1-2,4-6H3,(H,46,47)(H,48,56)(H,49,51)(H,50,57)/t26-,28-,29-,30-,31-,32-/m0/s1. The molecular weight excluding hydrogens is 949 g/mol. The lowest BCUT2D eigenvalue weighted by Gasteiger charge is -2.32. The summed E-state index contributed by atoms with van der Waals surface area (Å²) in [5, 5.41) is 5.42. The number of hydrogen-bond donors (Lipinski definition) is 4. The van der Waals surface area contributed by atoms with Gasteiger partial charge in [-0.05, 0) is 48.1 Å². The predicted octanol–water partition coefficient (Wildman–Crippen LogP) is 7.53. The minimum absolute atomic E-state index is 0.0212. The molecule has 0 bridgehead atoms. The maximum atomic E-state index is 13.9. The molecule has 2 aliphatic heterocycles. The Morgan fingerprint density at radius 1 is 0.918 bits per heavy atom. The van der Waals surface area contributed by atoms with Crippen molar-refractivity contribution in [2.45, 2.75) is 73.2 Å². The van der Waals surface area contributed by atoms with Crippen LogP contribution >= 0.6 is 44.1 Å². The summed E-state index contributed by atoms with van der Waals surface area (Å²) in [4.78, 5) is 71.1. The SMILES string of the molecule is C=I[C@@H]1CC[C@@H](c2nc(-c3ccc(-c4ccc(-c5cnc([C@@H]6C[C@H](SC)CN6C(=O)[C@H](COC(F)F)NC(=O)OC)[nH]5)cc4)cc3)c(Cl)[nH]2)N1C(=O)[C@@H](NC(=O)OC)C(C)C. The highest BCUT2D eigenvalue weighted by molar-refractivity contribution is 14.2. The zero-order chi connectivity index (χ0) is 44.0. The Morgan fingerprint density at radius 2 is 1.54 bits per heavy atom. The smallest absolute Gasteiger partial charge is 0.407 e. The number of halogens is 4. The zero-order valence-corrected chi connectivity index (χ0v) is 37.9. The Balaban J connectivity index is 1.16. The van der Waals surface area contributed by atoms with Gasteiger partial charge >= 0.3 is 18.8 Å². The van der Waals surface area contributed by atoms with Crippen molar-refractivity contribution >= 4 is 72.6 Å². The molecule has 0 spiro atoms. The molecule has 2 saturated heterocycles. The number of rotatable bonds is 15. The second-order valence-corrected chi connectivity index (χ2v) is 18.6. The number of thioether (sulfide) groups is 1. The number of aromatic nitrogens is 4. The summed E-state index contributed by atoms with van der Waals surface area (Å²) in [6, 6.07) is 12.7. The van der Waals surface area contributed by atoms with Crippen LogP contribution in [-0.4, -0.2) is 120 Å². The number of aromatic amines is 2. The number of amides is 4. The third kappa shape index (κ3) is 10.5. The average Bonchev–Trinajstić information content (AvgIpc) is 4.09. The Morgan fingerprint density at radius 3 is 2.13 bits per heavy atom. The minimum Gasteiger partial charge on any atom is -0.453 e. The number of carbonyl (C=O) groups is 4. The molecule has 15 nitrogen and oxygen atoms in total. The fraction of sp³-hybridized carbons (Fsp3) is 0.439. The van der Waals surface area contributed by atoms with E-state index in [-0.39, 0.29) is 27.2 Å². The molecule has 61 heavy (non-hydrogen) atoms. The molecule has 4 N–H and O–H groups in total. The Bertz CT molecular complexity index is 2190. The van der Waals surface area contributed by atoms with Gasteiger partial charge in [-0.25, -0.2) is 19.6 Å². The molecule has 6 atom stereocenters. The van der Waals surface area contributed by atoms with Crippen molar-refractivity contribution in [3.8, 4) is 33.6 Å². The number of alkyl halides is 3. The highest BCUT2D eigenvalue weighted by Gasteiger charge is 2.43. The lowest BCUT2D eigenvalue weighted by Crippen LogP contribution is -2.52. The van der Waals surface area contributed by atoms with E-state index < -0.39 is 70.2 Å². The number of benzene rings is 2. The molecule has 2 aromatic heterocycles. The normalized spacial score (nSPS) is 19.9. The maximum Gasteiger partial charge on any atom is 0.407 e. The highest BCUT2D eigenvalue weighted by atomic mass is 127. The van der Waals surface area contributed by atoms with E-state index in [1.165, 1.54) is 12.0 Å². The first kappa shape index (κ1) is 45.9. The lowest BCUT2D eigenvalue weighted by atomic mass is 10.0. The largest absolute Gasteiger partial charge is 0.453 e. The van der Waals surface area contributed by atoms with Crippen LogP contribution in [0.3, 0.4) is 0 Å². The van der Waals surface area contributed by atoms with Crippen LogP contribution in [0, 0.1) is 5.92 Å². The van der Waals surface area contributed by atoms with Gasteiger partial charge in [0.25, 0.3) is 0 Å². The summed E-state index contributed by atoms with van der Waals surface area (Å²) in [6.07, 6.45) is 4.03. The van der Waals surface area contributed by atoms with Crippen LogP contribution in [0.5, 0.6) is 0 Å². The number of methoxy groups -OCH3 is 2. The molecule has 6 rings (SSSR count). The summed E-state index contributed by atoms with van der Waals surface area (Å²) in [6.45, 7) is 0.222. The molecule has 0 saturated carbocycles. The third-order valence-corrected chi connectivity index (χ3v) is 14.3.